The van der Waals surface area contributed by atoms with Gasteiger partial charge >= 0.3 is 0 Å². The third kappa shape index (κ3) is 2.06. The molecule has 94 valence electrons. The summed E-state index contributed by atoms with van der Waals surface area (Å²) in [4.78, 5) is 10.8. The summed E-state index contributed by atoms with van der Waals surface area (Å²) in [6.45, 7) is 0. The van der Waals surface area contributed by atoms with E-state index in [1.54, 1.807) is 0 Å². The minimum atomic E-state index is -0.252. The molecular weight excluding hydrogens is 214 g/mol. The van der Waals surface area contributed by atoms with Crippen LogP contribution in [0.4, 0.5) is 0 Å². The Morgan fingerprint density at radius 3 is 2.88 bits per heavy atom. The van der Waals surface area contributed by atoms with Crippen LogP contribution in [-0.4, -0.2) is 11.9 Å². The van der Waals surface area contributed by atoms with E-state index in [0.29, 0.717) is 18.4 Å². The standard InChI is InChI=1S/C13H21N3O/c14-13(17)5-4-11-10-6-8-2-1-3-9(8)7-12(10)16-15-11/h4,8-10,12,15-16H,1-3,5-7H2,(H2,14,17). The predicted octanol–water partition coefficient (Wildman–Crippen LogP) is 1.05. The summed E-state index contributed by atoms with van der Waals surface area (Å²) in [5.74, 6) is 2.17. The van der Waals surface area contributed by atoms with Gasteiger partial charge in [0.1, 0.15) is 0 Å². The molecule has 3 aliphatic rings. The van der Waals surface area contributed by atoms with Crippen LogP contribution in [0.3, 0.4) is 0 Å². The Morgan fingerprint density at radius 1 is 1.35 bits per heavy atom. The number of rotatable bonds is 2. The van der Waals surface area contributed by atoms with Crippen LogP contribution in [0.5, 0.6) is 0 Å². The van der Waals surface area contributed by atoms with Gasteiger partial charge in [0, 0.05) is 24.1 Å². The van der Waals surface area contributed by atoms with Gasteiger partial charge in [-0.25, -0.2) is 5.43 Å². The van der Waals surface area contributed by atoms with Crippen LogP contribution in [0.15, 0.2) is 11.8 Å². The van der Waals surface area contributed by atoms with Crippen LogP contribution in [0.25, 0.3) is 0 Å². The van der Waals surface area contributed by atoms with Gasteiger partial charge in [0.25, 0.3) is 0 Å². The van der Waals surface area contributed by atoms with Crippen molar-refractivity contribution in [1.82, 2.24) is 10.9 Å². The maximum absolute atomic E-state index is 10.8. The Balaban J connectivity index is 1.70. The third-order valence-corrected chi connectivity index (χ3v) is 4.74. The number of carbonyl (C=O) groups excluding carboxylic acids is 1. The Kier molecular flexibility index (Phi) is 2.82. The lowest BCUT2D eigenvalue weighted by Crippen LogP contribution is -2.38. The lowest BCUT2D eigenvalue weighted by atomic mass is 9.72. The lowest BCUT2D eigenvalue weighted by molar-refractivity contribution is -0.117. The van der Waals surface area contributed by atoms with Crippen molar-refractivity contribution < 1.29 is 4.79 Å². The van der Waals surface area contributed by atoms with Crippen molar-refractivity contribution in [3.63, 3.8) is 0 Å². The van der Waals surface area contributed by atoms with E-state index in [2.05, 4.69) is 10.9 Å². The molecule has 0 aromatic carbocycles. The molecule has 2 aliphatic carbocycles. The maximum Gasteiger partial charge on any atom is 0.221 e. The Morgan fingerprint density at radius 2 is 2.12 bits per heavy atom. The maximum atomic E-state index is 10.8. The Labute approximate surface area is 102 Å². The molecule has 4 unspecified atom stereocenters. The third-order valence-electron chi connectivity index (χ3n) is 4.74. The number of hydrogen-bond donors (Lipinski definition) is 3. The van der Waals surface area contributed by atoms with E-state index in [1.165, 1.54) is 37.8 Å². The van der Waals surface area contributed by atoms with Gasteiger partial charge in [-0.3, -0.25) is 4.79 Å². The molecule has 2 saturated carbocycles. The fraction of sp³-hybridized carbons (Fsp3) is 0.769. The molecule has 4 heteroatoms. The molecular formula is C13H21N3O. The average Bonchev–Trinajstić information content (AvgIpc) is 2.88. The number of carbonyl (C=O) groups is 1. The first-order valence-electron chi connectivity index (χ1n) is 6.74. The van der Waals surface area contributed by atoms with Crippen LogP contribution >= 0.6 is 0 Å². The molecule has 4 atom stereocenters. The number of hydrazine groups is 1. The largest absolute Gasteiger partial charge is 0.369 e. The van der Waals surface area contributed by atoms with E-state index in [9.17, 15) is 4.79 Å². The first-order chi connectivity index (χ1) is 8.24. The number of nitrogens with one attached hydrogen (secondary N) is 2. The normalized spacial score (nSPS) is 42.0. The fourth-order valence-electron chi connectivity index (χ4n) is 3.90. The minimum Gasteiger partial charge on any atom is -0.369 e. The number of nitrogens with two attached hydrogens (primary N) is 1. The smallest absolute Gasteiger partial charge is 0.221 e. The van der Waals surface area contributed by atoms with Crippen molar-refractivity contribution >= 4 is 5.91 Å². The molecule has 1 heterocycles. The summed E-state index contributed by atoms with van der Waals surface area (Å²) in [6, 6.07) is 0.563. The number of amides is 1. The molecule has 1 aliphatic heterocycles. The topological polar surface area (TPSA) is 67.2 Å². The number of fused-ring (bicyclic) bond motifs is 2. The van der Waals surface area contributed by atoms with E-state index in [1.807, 2.05) is 6.08 Å². The van der Waals surface area contributed by atoms with Crippen molar-refractivity contribution in [3.05, 3.63) is 11.8 Å². The monoisotopic (exact) mass is 235 g/mol. The van der Waals surface area contributed by atoms with Crippen LogP contribution in [-0.2, 0) is 4.79 Å². The molecule has 1 amide bonds. The van der Waals surface area contributed by atoms with Crippen molar-refractivity contribution in [1.29, 1.82) is 0 Å². The van der Waals surface area contributed by atoms with E-state index in [4.69, 9.17) is 5.73 Å². The van der Waals surface area contributed by atoms with E-state index >= 15 is 0 Å². The quantitative estimate of drug-likeness (QED) is 0.670. The second kappa shape index (κ2) is 4.33. The number of hydrogen-bond acceptors (Lipinski definition) is 3. The van der Waals surface area contributed by atoms with Gasteiger partial charge < -0.3 is 11.2 Å². The van der Waals surface area contributed by atoms with Crippen LogP contribution in [0, 0.1) is 17.8 Å². The molecule has 0 aromatic rings. The summed E-state index contributed by atoms with van der Waals surface area (Å²) in [5, 5.41) is 0. The first-order valence-corrected chi connectivity index (χ1v) is 6.74. The zero-order chi connectivity index (χ0) is 11.8. The number of primary amides is 1. The molecule has 1 saturated heterocycles. The van der Waals surface area contributed by atoms with Gasteiger partial charge in [0.15, 0.2) is 0 Å². The summed E-state index contributed by atoms with van der Waals surface area (Å²) < 4.78 is 0. The van der Waals surface area contributed by atoms with Gasteiger partial charge in [-0.2, -0.15) is 0 Å². The Hall–Kier alpha value is -1.03. The van der Waals surface area contributed by atoms with Crippen LogP contribution in [0.1, 0.15) is 38.5 Å². The van der Waals surface area contributed by atoms with Crippen molar-refractivity contribution in [2.24, 2.45) is 23.5 Å². The molecule has 3 fully saturated rings. The van der Waals surface area contributed by atoms with Crippen molar-refractivity contribution in [3.8, 4) is 0 Å². The molecule has 0 radical (unpaired) electrons. The van der Waals surface area contributed by atoms with Crippen molar-refractivity contribution in [2.45, 2.75) is 44.6 Å². The molecule has 0 aromatic heterocycles. The lowest BCUT2D eigenvalue weighted by Gasteiger charge is -2.33. The van der Waals surface area contributed by atoms with Crippen LogP contribution in [0.2, 0.25) is 0 Å². The summed E-state index contributed by atoms with van der Waals surface area (Å²) in [7, 11) is 0. The van der Waals surface area contributed by atoms with E-state index in [0.717, 1.165) is 11.8 Å². The first kappa shape index (κ1) is 11.1. The fourth-order valence-corrected chi connectivity index (χ4v) is 3.90. The molecule has 0 spiro atoms. The van der Waals surface area contributed by atoms with Gasteiger partial charge in [0.05, 0.1) is 0 Å². The molecule has 4 nitrogen and oxygen atoms in total. The van der Waals surface area contributed by atoms with Gasteiger partial charge in [-0.15, -0.1) is 0 Å². The Bertz CT molecular complexity index is 353. The van der Waals surface area contributed by atoms with Gasteiger partial charge in [-0.05, 0) is 24.7 Å². The highest BCUT2D eigenvalue weighted by Crippen LogP contribution is 2.46. The minimum absolute atomic E-state index is 0.252. The van der Waals surface area contributed by atoms with E-state index in [-0.39, 0.29) is 5.91 Å². The summed E-state index contributed by atoms with van der Waals surface area (Å²) in [5.41, 5.74) is 13.0. The zero-order valence-corrected chi connectivity index (χ0v) is 10.1. The second-order valence-electron chi connectivity index (χ2n) is 5.73. The van der Waals surface area contributed by atoms with Crippen LogP contribution < -0.4 is 16.6 Å². The average molecular weight is 235 g/mol. The SMILES string of the molecule is NC(=O)CC=C1NNC2CC3CCCC3CC12. The summed E-state index contributed by atoms with van der Waals surface area (Å²) >= 11 is 0. The highest BCUT2D eigenvalue weighted by atomic mass is 16.1. The molecule has 4 N–H and O–H groups in total. The van der Waals surface area contributed by atoms with Gasteiger partial charge in [0.2, 0.25) is 5.91 Å². The molecule has 17 heavy (non-hydrogen) atoms. The van der Waals surface area contributed by atoms with Crippen molar-refractivity contribution in [2.75, 3.05) is 0 Å². The highest BCUT2D eigenvalue weighted by Gasteiger charge is 2.43. The second-order valence-corrected chi connectivity index (χ2v) is 5.73. The highest BCUT2D eigenvalue weighted by molar-refractivity contribution is 5.75. The van der Waals surface area contributed by atoms with Gasteiger partial charge in [-0.1, -0.05) is 25.3 Å². The zero-order valence-electron chi connectivity index (χ0n) is 10.1. The van der Waals surface area contributed by atoms with E-state index < -0.39 is 0 Å². The molecule has 0 bridgehead atoms. The summed E-state index contributed by atoms with van der Waals surface area (Å²) in [6.07, 6.45) is 9.10. The molecule has 3 rings (SSSR count). The predicted molar refractivity (Wildman–Crippen MR) is 65.5 cm³/mol.